The van der Waals surface area contributed by atoms with Gasteiger partial charge in [-0.15, -0.1) is 11.3 Å². The number of amides is 1. The van der Waals surface area contributed by atoms with E-state index in [2.05, 4.69) is 10.4 Å². The SMILES string of the molecule is Cn1cc(C(=O)NCC(C)(C)CCO)c(-c2cccs2)n1. The molecule has 2 N–H and O–H groups in total. The molecule has 21 heavy (non-hydrogen) atoms. The van der Waals surface area contributed by atoms with E-state index in [0.717, 1.165) is 4.88 Å². The molecule has 2 aromatic rings. The number of hydrogen-bond donors (Lipinski definition) is 2. The molecule has 0 bridgehead atoms. The number of nitrogens with zero attached hydrogens (tertiary/aromatic N) is 2. The average Bonchev–Trinajstić information content (AvgIpc) is 3.04. The summed E-state index contributed by atoms with van der Waals surface area (Å²) >= 11 is 1.56. The largest absolute Gasteiger partial charge is 0.396 e. The summed E-state index contributed by atoms with van der Waals surface area (Å²) in [5, 5.41) is 18.3. The predicted octanol–water partition coefficient (Wildman–Crippen LogP) is 2.29. The number of carbonyl (C=O) groups excluding carboxylic acids is 1. The monoisotopic (exact) mass is 307 g/mol. The molecule has 6 heteroatoms. The Morgan fingerprint density at radius 3 is 2.90 bits per heavy atom. The van der Waals surface area contributed by atoms with E-state index in [1.54, 1.807) is 22.2 Å². The number of aromatic nitrogens is 2. The van der Waals surface area contributed by atoms with E-state index in [1.165, 1.54) is 0 Å². The molecule has 2 aromatic heterocycles. The van der Waals surface area contributed by atoms with Crippen molar-refractivity contribution in [2.75, 3.05) is 13.2 Å². The van der Waals surface area contributed by atoms with Crippen molar-refractivity contribution in [1.82, 2.24) is 15.1 Å². The van der Waals surface area contributed by atoms with E-state index in [4.69, 9.17) is 5.11 Å². The summed E-state index contributed by atoms with van der Waals surface area (Å²) in [5.41, 5.74) is 1.17. The summed E-state index contributed by atoms with van der Waals surface area (Å²) < 4.78 is 1.66. The van der Waals surface area contributed by atoms with E-state index in [0.29, 0.717) is 24.2 Å². The summed E-state index contributed by atoms with van der Waals surface area (Å²) in [5.74, 6) is -0.127. The van der Waals surface area contributed by atoms with E-state index in [1.807, 2.05) is 38.4 Å². The van der Waals surface area contributed by atoms with Crippen molar-refractivity contribution < 1.29 is 9.90 Å². The molecule has 0 saturated heterocycles. The highest BCUT2D eigenvalue weighted by Crippen LogP contribution is 2.26. The molecular weight excluding hydrogens is 286 g/mol. The normalized spacial score (nSPS) is 11.6. The van der Waals surface area contributed by atoms with Gasteiger partial charge < -0.3 is 10.4 Å². The van der Waals surface area contributed by atoms with Crippen LogP contribution in [0.25, 0.3) is 10.6 Å². The minimum Gasteiger partial charge on any atom is -0.396 e. The number of aryl methyl sites for hydroxylation is 1. The Morgan fingerprint density at radius 1 is 1.52 bits per heavy atom. The topological polar surface area (TPSA) is 67.2 Å². The Morgan fingerprint density at radius 2 is 2.29 bits per heavy atom. The van der Waals surface area contributed by atoms with Crippen LogP contribution in [0.5, 0.6) is 0 Å². The molecule has 0 aliphatic carbocycles. The second-order valence-corrected chi connectivity index (χ2v) is 6.81. The number of nitrogens with one attached hydrogen (secondary N) is 1. The quantitative estimate of drug-likeness (QED) is 0.860. The first-order valence-electron chi connectivity index (χ1n) is 6.89. The van der Waals surface area contributed by atoms with Gasteiger partial charge in [-0.3, -0.25) is 9.48 Å². The molecular formula is C15H21N3O2S. The maximum absolute atomic E-state index is 12.4. The van der Waals surface area contributed by atoms with Gasteiger partial charge >= 0.3 is 0 Å². The van der Waals surface area contributed by atoms with E-state index >= 15 is 0 Å². The van der Waals surface area contributed by atoms with Gasteiger partial charge in [-0.1, -0.05) is 19.9 Å². The summed E-state index contributed by atoms with van der Waals surface area (Å²) in [6.07, 6.45) is 2.39. The van der Waals surface area contributed by atoms with E-state index < -0.39 is 0 Å². The molecule has 0 aliphatic rings. The fraction of sp³-hybridized carbons (Fsp3) is 0.467. The Bertz CT molecular complexity index is 602. The van der Waals surface area contributed by atoms with Gasteiger partial charge in [0.25, 0.3) is 5.91 Å². The van der Waals surface area contributed by atoms with Crippen LogP contribution in [0, 0.1) is 5.41 Å². The fourth-order valence-corrected chi connectivity index (χ4v) is 2.78. The van der Waals surface area contributed by atoms with Crippen LogP contribution in [0.4, 0.5) is 0 Å². The third-order valence-electron chi connectivity index (χ3n) is 3.34. The van der Waals surface area contributed by atoms with Crippen LogP contribution in [-0.4, -0.2) is 33.9 Å². The van der Waals surface area contributed by atoms with Crippen LogP contribution in [-0.2, 0) is 7.05 Å². The molecule has 0 spiro atoms. The second kappa shape index (κ2) is 6.41. The van der Waals surface area contributed by atoms with Crippen LogP contribution in [0.2, 0.25) is 0 Å². The molecule has 114 valence electrons. The first-order valence-corrected chi connectivity index (χ1v) is 7.77. The van der Waals surface area contributed by atoms with Crippen molar-refractivity contribution in [2.45, 2.75) is 20.3 Å². The summed E-state index contributed by atoms with van der Waals surface area (Å²) in [6.45, 7) is 4.68. The standard InChI is InChI=1S/C15H21N3O2S/c1-15(2,6-7-19)10-16-14(20)11-9-18(3)17-13(11)12-5-4-8-21-12/h4-5,8-9,19H,6-7,10H2,1-3H3,(H,16,20). The van der Waals surface area contributed by atoms with Crippen molar-refractivity contribution in [3.8, 4) is 10.6 Å². The van der Waals surface area contributed by atoms with Crippen LogP contribution >= 0.6 is 11.3 Å². The molecule has 0 atom stereocenters. The zero-order chi connectivity index (χ0) is 15.5. The molecule has 1 amide bonds. The fourth-order valence-electron chi connectivity index (χ4n) is 2.06. The van der Waals surface area contributed by atoms with Gasteiger partial charge in [-0.25, -0.2) is 0 Å². The zero-order valence-electron chi connectivity index (χ0n) is 12.6. The second-order valence-electron chi connectivity index (χ2n) is 5.86. The molecule has 2 rings (SSSR count). The lowest BCUT2D eigenvalue weighted by Gasteiger charge is -2.23. The number of thiophene rings is 1. The summed E-state index contributed by atoms with van der Waals surface area (Å²) in [7, 11) is 1.81. The number of aliphatic hydroxyl groups is 1. The van der Waals surface area contributed by atoms with Gasteiger partial charge in [0.1, 0.15) is 5.69 Å². The Hall–Kier alpha value is -1.66. The van der Waals surface area contributed by atoms with Gasteiger partial charge in [0.15, 0.2) is 0 Å². The molecule has 0 radical (unpaired) electrons. The van der Waals surface area contributed by atoms with Crippen LogP contribution in [0.3, 0.4) is 0 Å². The Balaban J connectivity index is 2.13. The number of rotatable bonds is 6. The maximum Gasteiger partial charge on any atom is 0.255 e. The van der Waals surface area contributed by atoms with Crippen molar-refractivity contribution in [2.24, 2.45) is 12.5 Å². The molecule has 0 fully saturated rings. The average molecular weight is 307 g/mol. The molecule has 2 heterocycles. The lowest BCUT2D eigenvalue weighted by Crippen LogP contribution is -2.34. The predicted molar refractivity (Wildman–Crippen MR) is 84.3 cm³/mol. The number of hydrogen-bond acceptors (Lipinski definition) is 4. The van der Waals surface area contributed by atoms with Crippen molar-refractivity contribution in [3.63, 3.8) is 0 Å². The lowest BCUT2D eigenvalue weighted by atomic mass is 9.89. The zero-order valence-corrected chi connectivity index (χ0v) is 13.4. The third kappa shape index (κ3) is 3.92. The Kier molecular flexibility index (Phi) is 4.80. The highest BCUT2D eigenvalue weighted by atomic mass is 32.1. The summed E-state index contributed by atoms with van der Waals surface area (Å²) in [6, 6.07) is 3.90. The number of carbonyl (C=O) groups is 1. The highest BCUT2D eigenvalue weighted by Gasteiger charge is 2.22. The van der Waals surface area contributed by atoms with Gasteiger partial charge in [-0.2, -0.15) is 5.10 Å². The van der Waals surface area contributed by atoms with Crippen LogP contribution in [0.15, 0.2) is 23.7 Å². The van der Waals surface area contributed by atoms with Crippen molar-refractivity contribution in [3.05, 3.63) is 29.3 Å². The minimum atomic E-state index is -0.129. The summed E-state index contributed by atoms with van der Waals surface area (Å²) in [4.78, 5) is 13.4. The molecule has 0 aromatic carbocycles. The molecule has 0 saturated carbocycles. The van der Waals surface area contributed by atoms with Crippen molar-refractivity contribution >= 4 is 17.2 Å². The van der Waals surface area contributed by atoms with E-state index in [-0.39, 0.29) is 17.9 Å². The Labute approximate surface area is 128 Å². The van der Waals surface area contributed by atoms with Gasteiger partial charge in [0, 0.05) is 26.4 Å². The molecule has 5 nitrogen and oxygen atoms in total. The number of aliphatic hydroxyl groups excluding tert-OH is 1. The van der Waals surface area contributed by atoms with Gasteiger partial charge in [-0.05, 0) is 23.3 Å². The maximum atomic E-state index is 12.4. The first kappa shape index (κ1) is 15.7. The first-order chi connectivity index (χ1) is 9.93. The van der Waals surface area contributed by atoms with Gasteiger partial charge in [0.05, 0.1) is 10.4 Å². The minimum absolute atomic E-state index is 0.121. The molecule has 0 aliphatic heterocycles. The van der Waals surface area contributed by atoms with Gasteiger partial charge in [0.2, 0.25) is 0 Å². The van der Waals surface area contributed by atoms with Crippen LogP contribution < -0.4 is 5.32 Å². The highest BCUT2D eigenvalue weighted by molar-refractivity contribution is 7.13. The van der Waals surface area contributed by atoms with E-state index in [9.17, 15) is 4.79 Å². The third-order valence-corrected chi connectivity index (χ3v) is 4.22. The smallest absolute Gasteiger partial charge is 0.255 e. The lowest BCUT2D eigenvalue weighted by molar-refractivity contribution is 0.0929. The molecule has 0 unspecified atom stereocenters. The van der Waals surface area contributed by atoms with Crippen LogP contribution in [0.1, 0.15) is 30.6 Å². The van der Waals surface area contributed by atoms with Crippen molar-refractivity contribution in [1.29, 1.82) is 0 Å².